The van der Waals surface area contributed by atoms with E-state index in [1.54, 1.807) is 0 Å². The van der Waals surface area contributed by atoms with Crippen molar-refractivity contribution in [3.8, 4) is 0 Å². The van der Waals surface area contributed by atoms with E-state index >= 15 is 0 Å². The number of carbonyl (C=O) groups excluding carboxylic acids is 1. The molecule has 1 amide bonds. The summed E-state index contributed by atoms with van der Waals surface area (Å²) < 4.78 is 5.18. The number of amides is 1. The Kier molecular flexibility index (Phi) is 4.22. The van der Waals surface area contributed by atoms with Crippen LogP contribution in [-0.2, 0) is 11.3 Å². The van der Waals surface area contributed by atoms with Crippen molar-refractivity contribution in [3.05, 3.63) is 35.4 Å². The number of nitrogens with zero attached hydrogens (tertiary/aromatic N) is 1. The fourth-order valence-corrected chi connectivity index (χ4v) is 2.12. The van der Waals surface area contributed by atoms with Crippen LogP contribution in [0.15, 0.2) is 24.3 Å². The van der Waals surface area contributed by atoms with Gasteiger partial charge in [-0.1, -0.05) is 19.1 Å². The Labute approximate surface area is 114 Å². The van der Waals surface area contributed by atoms with Crippen LogP contribution in [0.2, 0.25) is 0 Å². The summed E-state index contributed by atoms with van der Waals surface area (Å²) in [5, 5.41) is 2.99. The number of carbonyl (C=O) groups is 1. The van der Waals surface area contributed by atoms with Gasteiger partial charge >= 0.3 is 0 Å². The van der Waals surface area contributed by atoms with Gasteiger partial charge in [0.25, 0.3) is 5.91 Å². The van der Waals surface area contributed by atoms with Crippen LogP contribution in [0.3, 0.4) is 0 Å². The Morgan fingerprint density at radius 2 is 2.16 bits per heavy atom. The van der Waals surface area contributed by atoms with Crippen LogP contribution in [0.4, 0.5) is 0 Å². The molecule has 1 aromatic rings. The monoisotopic (exact) mass is 262 g/mol. The molecule has 4 heteroatoms. The van der Waals surface area contributed by atoms with Gasteiger partial charge < -0.3 is 15.0 Å². The molecule has 0 aromatic heterocycles. The van der Waals surface area contributed by atoms with Gasteiger partial charge in [-0.05, 0) is 31.8 Å². The average Bonchev–Trinajstić information content (AvgIpc) is 2.33. The highest BCUT2D eigenvalue weighted by atomic mass is 16.5. The van der Waals surface area contributed by atoms with Crippen LogP contribution in [0, 0.1) is 5.41 Å². The largest absolute Gasteiger partial charge is 0.380 e. The minimum absolute atomic E-state index is 0.00580. The molecule has 0 unspecified atom stereocenters. The molecule has 104 valence electrons. The molecule has 1 heterocycles. The van der Waals surface area contributed by atoms with Gasteiger partial charge in [-0.25, -0.2) is 0 Å². The molecular formula is C15H22N2O2. The second kappa shape index (κ2) is 5.72. The van der Waals surface area contributed by atoms with Crippen LogP contribution < -0.4 is 5.32 Å². The van der Waals surface area contributed by atoms with E-state index in [1.165, 1.54) is 0 Å². The van der Waals surface area contributed by atoms with E-state index in [1.807, 2.05) is 38.4 Å². The summed E-state index contributed by atoms with van der Waals surface area (Å²) in [5.74, 6) is -0.00580. The molecule has 0 atom stereocenters. The molecule has 1 aliphatic heterocycles. The lowest BCUT2D eigenvalue weighted by Crippen LogP contribution is -2.48. The topological polar surface area (TPSA) is 41.6 Å². The minimum atomic E-state index is -0.00580. The second-order valence-electron chi connectivity index (χ2n) is 5.92. The molecule has 1 aromatic carbocycles. The van der Waals surface area contributed by atoms with Gasteiger partial charge in [0.1, 0.15) is 0 Å². The standard InChI is InChI=1S/C15H22N2O2/c1-15(10-19-11-15)9-16-14(18)13-6-4-5-12(7-13)8-17(2)3/h4-7H,8-11H2,1-3H3,(H,16,18). The number of hydrogen-bond donors (Lipinski definition) is 1. The van der Waals surface area contributed by atoms with Gasteiger partial charge in [-0.15, -0.1) is 0 Å². The number of nitrogens with one attached hydrogen (secondary N) is 1. The fourth-order valence-electron chi connectivity index (χ4n) is 2.12. The second-order valence-corrected chi connectivity index (χ2v) is 5.92. The summed E-state index contributed by atoms with van der Waals surface area (Å²) in [6.07, 6.45) is 0. The first-order chi connectivity index (χ1) is 8.98. The molecule has 0 spiro atoms. The number of hydrogen-bond acceptors (Lipinski definition) is 3. The van der Waals surface area contributed by atoms with Crippen molar-refractivity contribution in [2.24, 2.45) is 5.41 Å². The Hall–Kier alpha value is -1.39. The Morgan fingerprint density at radius 3 is 2.74 bits per heavy atom. The van der Waals surface area contributed by atoms with E-state index < -0.39 is 0 Å². The van der Waals surface area contributed by atoms with Gasteiger partial charge in [-0.2, -0.15) is 0 Å². The van der Waals surface area contributed by atoms with Crippen LogP contribution >= 0.6 is 0 Å². The van der Waals surface area contributed by atoms with Gasteiger partial charge in [-0.3, -0.25) is 4.79 Å². The van der Waals surface area contributed by atoms with Gasteiger partial charge in [0.2, 0.25) is 0 Å². The zero-order valence-corrected chi connectivity index (χ0v) is 11.9. The maximum absolute atomic E-state index is 12.1. The highest BCUT2D eigenvalue weighted by molar-refractivity contribution is 5.94. The molecule has 1 saturated heterocycles. The summed E-state index contributed by atoms with van der Waals surface area (Å²) >= 11 is 0. The van der Waals surface area contributed by atoms with Crippen LogP contribution in [-0.4, -0.2) is 44.7 Å². The van der Waals surface area contributed by atoms with Crippen molar-refractivity contribution >= 4 is 5.91 Å². The molecule has 2 rings (SSSR count). The minimum Gasteiger partial charge on any atom is -0.380 e. The quantitative estimate of drug-likeness (QED) is 0.874. The summed E-state index contributed by atoms with van der Waals surface area (Å²) in [6.45, 7) is 5.09. The summed E-state index contributed by atoms with van der Waals surface area (Å²) in [7, 11) is 4.04. The van der Waals surface area contributed by atoms with E-state index in [0.717, 1.165) is 30.9 Å². The van der Waals surface area contributed by atoms with Crippen molar-refractivity contribution in [3.63, 3.8) is 0 Å². The smallest absolute Gasteiger partial charge is 0.251 e. The van der Waals surface area contributed by atoms with Crippen LogP contribution in [0.1, 0.15) is 22.8 Å². The number of ether oxygens (including phenoxy) is 1. The first-order valence-corrected chi connectivity index (χ1v) is 6.58. The van der Waals surface area contributed by atoms with Crippen LogP contribution in [0.25, 0.3) is 0 Å². The van der Waals surface area contributed by atoms with E-state index in [4.69, 9.17) is 4.74 Å². The van der Waals surface area contributed by atoms with Gasteiger partial charge in [0.05, 0.1) is 13.2 Å². The third kappa shape index (κ3) is 3.78. The van der Waals surface area contributed by atoms with Crippen molar-refractivity contribution in [2.75, 3.05) is 33.9 Å². The predicted octanol–water partition coefficient (Wildman–Crippen LogP) is 1.51. The predicted molar refractivity (Wildman–Crippen MR) is 75.1 cm³/mol. The lowest BCUT2D eigenvalue weighted by Gasteiger charge is -2.38. The lowest BCUT2D eigenvalue weighted by molar-refractivity contribution is -0.0978. The number of rotatable bonds is 5. The maximum Gasteiger partial charge on any atom is 0.251 e. The Bertz CT molecular complexity index is 453. The molecule has 1 aliphatic rings. The van der Waals surface area contributed by atoms with Crippen molar-refractivity contribution < 1.29 is 9.53 Å². The molecule has 0 aliphatic carbocycles. The van der Waals surface area contributed by atoms with E-state index in [2.05, 4.69) is 17.1 Å². The van der Waals surface area contributed by atoms with E-state index in [9.17, 15) is 4.79 Å². The van der Waals surface area contributed by atoms with Gasteiger partial charge in [0, 0.05) is 24.1 Å². The SMILES string of the molecule is CN(C)Cc1cccc(C(=O)NCC2(C)COC2)c1. The Morgan fingerprint density at radius 1 is 1.42 bits per heavy atom. The first-order valence-electron chi connectivity index (χ1n) is 6.58. The van der Waals surface area contributed by atoms with Crippen LogP contribution in [0.5, 0.6) is 0 Å². The highest BCUT2D eigenvalue weighted by Crippen LogP contribution is 2.25. The third-order valence-corrected chi connectivity index (χ3v) is 3.26. The van der Waals surface area contributed by atoms with E-state index in [-0.39, 0.29) is 11.3 Å². The van der Waals surface area contributed by atoms with Gasteiger partial charge in [0.15, 0.2) is 0 Å². The molecular weight excluding hydrogens is 240 g/mol. The number of benzene rings is 1. The summed E-state index contributed by atoms with van der Waals surface area (Å²) in [4.78, 5) is 14.2. The van der Waals surface area contributed by atoms with Crippen molar-refractivity contribution in [1.29, 1.82) is 0 Å². The fraction of sp³-hybridized carbons (Fsp3) is 0.533. The maximum atomic E-state index is 12.1. The Balaban J connectivity index is 1.94. The zero-order chi connectivity index (χ0) is 13.9. The van der Waals surface area contributed by atoms with E-state index in [0.29, 0.717) is 6.54 Å². The molecule has 19 heavy (non-hydrogen) atoms. The summed E-state index contributed by atoms with van der Waals surface area (Å²) in [6, 6.07) is 7.78. The molecule has 0 saturated carbocycles. The lowest BCUT2D eigenvalue weighted by atomic mass is 9.88. The molecule has 0 radical (unpaired) electrons. The molecule has 1 fully saturated rings. The van der Waals surface area contributed by atoms with Crippen molar-refractivity contribution in [1.82, 2.24) is 10.2 Å². The third-order valence-electron chi connectivity index (χ3n) is 3.26. The molecule has 4 nitrogen and oxygen atoms in total. The summed E-state index contributed by atoms with van der Waals surface area (Å²) in [5.41, 5.74) is 1.98. The average molecular weight is 262 g/mol. The van der Waals surface area contributed by atoms with Crippen molar-refractivity contribution in [2.45, 2.75) is 13.5 Å². The highest BCUT2D eigenvalue weighted by Gasteiger charge is 2.33. The molecule has 0 bridgehead atoms. The normalized spacial score (nSPS) is 17.1. The first kappa shape index (κ1) is 14.0. The molecule has 1 N–H and O–H groups in total. The zero-order valence-electron chi connectivity index (χ0n) is 11.9.